The Morgan fingerprint density at radius 3 is 2.71 bits per heavy atom. The summed E-state index contributed by atoms with van der Waals surface area (Å²) in [6.45, 7) is 4.05. The van der Waals surface area contributed by atoms with Crippen LogP contribution < -0.4 is 5.73 Å². The maximum absolute atomic E-state index is 6.01. The number of methoxy groups -OCH3 is 1. The Kier molecular flexibility index (Phi) is 3.29. The molecule has 1 rings (SSSR count). The van der Waals surface area contributed by atoms with Gasteiger partial charge in [0.05, 0.1) is 17.3 Å². The van der Waals surface area contributed by atoms with Gasteiger partial charge in [0, 0.05) is 20.4 Å². The van der Waals surface area contributed by atoms with Crippen LogP contribution in [0.5, 0.6) is 0 Å². The lowest BCUT2D eigenvalue weighted by Gasteiger charge is -2.25. The summed E-state index contributed by atoms with van der Waals surface area (Å²) in [7, 11) is 3.59. The Labute approximate surface area is 85.0 Å². The maximum Gasteiger partial charge on any atom is 0.0792 e. The second-order valence-corrected chi connectivity index (χ2v) is 4.19. The molecule has 4 heteroatoms. The predicted octanol–water partition coefficient (Wildman–Crippen LogP) is 1.24. The molecule has 0 aliphatic heterocycles. The normalized spacial score (nSPS) is 14.4. The number of rotatable bonds is 4. The van der Waals surface area contributed by atoms with Crippen LogP contribution in [0.4, 0.5) is 0 Å². The average molecular weight is 197 g/mol. The minimum Gasteiger partial charge on any atom is -0.379 e. The number of ether oxygens (including phenoxy) is 1. The Balaban J connectivity index is 2.63. The molecule has 0 spiro atoms. The van der Waals surface area contributed by atoms with E-state index in [-0.39, 0.29) is 11.6 Å². The van der Waals surface area contributed by atoms with E-state index in [1.165, 1.54) is 0 Å². The molecule has 1 aromatic heterocycles. The summed E-state index contributed by atoms with van der Waals surface area (Å²) in [5, 5.41) is 4.27. The second-order valence-electron chi connectivity index (χ2n) is 4.19. The van der Waals surface area contributed by atoms with Gasteiger partial charge in [-0.25, -0.2) is 0 Å². The van der Waals surface area contributed by atoms with Crippen molar-refractivity contribution in [1.29, 1.82) is 0 Å². The van der Waals surface area contributed by atoms with Gasteiger partial charge in [0.2, 0.25) is 0 Å². The van der Waals surface area contributed by atoms with E-state index in [0.29, 0.717) is 0 Å². The molecular weight excluding hydrogens is 178 g/mol. The van der Waals surface area contributed by atoms with E-state index in [2.05, 4.69) is 5.10 Å². The lowest BCUT2D eigenvalue weighted by atomic mass is 9.97. The Morgan fingerprint density at radius 2 is 2.29 bits per heavy atom. The molecule has 0 fully saturated rings. The molecule has 1 unspecified atom stereocenters. The van der Waals surface area contributed by atoms with Crippen LogP contribution in [0.1, 0.15) is 32.0 Å². The fourth-order valence-electron chi connectivity index (χ4n) is 1.35. The summed E-state index contributed by atoms with van der Waals surface area (Å²) >= 11 is 0. The molecule has 0 bridgehead atoms. The van der Waals surface area contributed by atoms with Gasteiger partial charge in [0.1, 0.15) is 0 Å². The Hall–Kier alpha value is -0.870. The van der Waals surface area contributed by atoms with Gasteiger partial charge in [0.15, 0.2) is 0 Å². The molecule has 1 atom stereocenters. The van der Waals surface area contributed by atoms with Crippen molar-refractivity contribution in [2.75, 3.05) is 7.11 Å². The largest absolute Gasteiger partial charge is 0.379 e. The van der Waals surface area contributed by atoms with E-state index in [4.69, 9.17) is 10.5 Å². The first-order valence-corrected chi connectivity index (χ1v) is 4.75. The lowest BCUT2D eigenvalue weighted by molar-refractivity contribution is 0.00963. The van der Waals surface area contributed by atoms with E-state index in [9.17, 15) is 0 Å². The molecule has 0 aliphatic rings. The van der Waals surface area contributed by atoms with Gasteiger partial charge < -0.3 is 10.5 Å². The highest BCUT2D eigenvalue weighted by atomic mass is 16.5. The standard InChI is InChI=1S/C10H19N3O/c1-10(2,14-4)7-8(11)9-5-6-13(3)12-9/h5-6,8H,7,11H2,1-4H3. The third kappa shape index (κ3) is 2.82. The summed E-state index contributed by atoms with van der Waals surface area (Å²) in [6.07, 6.45) is 2.66. The highest BCUT2D eigenvalue weighted by Gasteiger charge is 2.22. The molecule has 1 heterocycles. The van der Waals surface area contributed by atoms with Gasteiger partial charge in [-0.2, -0.15) is 5.10 Å². The summed E-state index contributed by atoms with van der Waals surface area (Å²) in [5.74, 6) is 0. The third-order valence-electron chi connectivity index (χ3n) is 2.38. The minimum atomic E-state index is -0.197. The zero-order valence-corrected chi connectivity index (χ0v) is 9.32. The molecule has 0 saturated heterocycles. The summed E-state index contributed by atoms with van der Waals surface area (Å²) < 4.78 is 7.08. The molecule has 0 radical (unpaired) electrons. The second kappa shape index (κ2) is 4.11. The monoisotopic (exact) mass is 197 g/mol. The number of nitrogens with two attached hydrogens (primary N) is 1. The number of hydrogen-bond acceptors (Lipinski definition) is 3. The Bertz CT molecular complexity index is 293. The van der Waals surface area contributed by atoms with Crippen LogP contribution in [-0.4, -0.2) is 22.5 Å². The molecule has 0 saturated carbocycles. The van der Waals surface area contributed by atoms with Crippen molar-refractivity contribution >= 4 is 0 Å². The molecule has 1 aromatic rings. The third-order valence-corrected chi connectivity index (χ3v) is 2.38. The predicted molar refractivity (Wildman–Crippen MR) is 55.8 cm³/mol. The van der Waals surface area contributed by atoms with Crippen LogP contribution in [0.15, 0.2) is 12.3 Å². The number of nitrogens with zero attached hydrogens (tertiary/aromatic N) is 2. The first-order chi connectivity index (χ1) is 6.44. The molecule has 4 nitrogen and oxygen atoms in total. The average Bonchev–Trinajstić information content (AvgIpc) is 2.51. The van der Waals surface area contributed by atoms with Crippen molar-refractivity contribution in [3.63, 3.8) is 0 Å². The SMILES string of the molecule is COC(C)(C)CC(N)c1ccn(C)n1. The van der Waals surface area contributed by atoms with E-state index >= 15 is 0 Å². The fourth-order valence-corrected chi connectivity index (χ4v) is 1.35. The molecule has 0 aromatic carbocycles. The zero-order chi connectivity index (χ0) is 10.8. The van der Waals surface area contributed by atoms with Gasteiger partial charge >= 0.3 is 0 Å². The van der Waals surface area contributed by atoms with Gasteiger partial charge in [0.25, 0.3) is 0 Å². The summed E-state index contributed by atoms with van der Waals surface area (Å²) in [5.41, 5.74) is 6.73. The summed E-state index contributed by atoms with van der Waals surface area (Å²) in [4.78, 5) is 0. The van der Waals surface area contributed by atoms with E-state index in [1.54, 1.807) is 11.8 Å². The van der Waals surface area contributed by atoms with Gasteiger partial charge in [-0.1, -0.05) is 0 Å². The highest BCUT2D eigenvalue weighted by Crippen LogP contribution is 2.22. The number of aromatic nitrogens is 2. The van der Waals surface area contributed by atoms with Crippen LogP contribution in [0.2, 0.25) is 0 Å². The number of aryl methyl sites for hydroxylation is 1. The van der Waals surface area contributed by atoms with Crippen molar-refractivity contribution in [2.45, 2.75) is 31.9 Å². The van der Waals surface area contributed by atoms with E-state index in [0.717, 1.165) is 12.1 Å². The zero-order valence-electron chi connectivity index (χ0n) is 9.32. The highest BCUT2D eigenvalue weighted by molar-refractivity contribution is 5.05. The van der Waals surface area contributed by atoms with Crippen LogP contribution in [0.3, 0.4) is 0 Å². The van der Waals surface area contributed by atoms with Gasteiger partial charge in [-0.3, -0.25) is 4.68 Å². The van der Waals surface area contributed by atoms with Crippen molar-refractivity contribution in [2.24, 2.45) is 12.8 Å². The minimum absolute atomic E-state index is 0.0638. The van der Waals surface area contributed by atoms with Crippen LogP contribution in [0, 0.1) is 0 Å². The molecule has 14 heavy (non-hydrogen) atoms. The van der Waals surface area contributed by atoms with E-state index in [1.807, 2.05) is 33.2 Å². The first-order valence-electron chi connectivity index (χ1n) is 4.75. The Morgan fingerprint density at radius 1 is 1.64 bits per heavy atom. The first kappa shape index (κ1) is 11.2. The maximum atomic E-state index is 6.01. The molecule has 0 aliphatic carbocycles. The van der Waals surface area contributed by atoms with E-state index < -0.39 is 0 Å². The molecular formula is C10H19N3O. The summed E-state index contributed by atoms with van der Waals surface area (Å²) in [6, 6.07) is 1.88. The van der Waals surface area contributed by atoms with Crippen molar-refractivity contribution < 1.29 is 4.74 Å². The molecule has 0 amide bonds. The number of hydrogen-bond donors (Lipinski definition) is 1. The molecule has 80 valence electrons. The van der Waals surface area contributed by atoms with Crippen molar-refractivity contribution in [3.05, 3.63) is 18.0 Å². The van der Waals surface area contributed by atoms with Gasteiger partial charge in [-0.15, -0.1) is 0 Å². The van der Waals surface area contributed by atoms with Gasteiger partial charge in [-0.05, 0) is 26.3 Å². The van der Waals surface area contributed by atoms with Crippen LogP contribution in [0.25, 0.3) is 0 Å². The molecule has 2 N–H and O–H groups in total. The van der Waals surface area contributed by atoms with Crippen LogP contribution >= 0.6 is 0 Å². The quantitative estimate of drug-likeness (QED) is 0.790. The van der Waals surface area contributed by atoms with Crippen LogP contribution in [-0.2, 0) is 11.8 Å². The fraction of sp³-hybridized carbons (Fsp3) is 0.700. The topological polar surface area (TPSA) is 53.1 Å². The smallest absolute Gasteiger partial charge is 0.0792 e. The van der Waals surface area contributed by atoms with Crippen molar-refractivity contribution in [1.82, 2.24) is 9.78 Å². The van der Waals surface area contributed by atoms with Crippen molar-refractivity contribution in [3.8, 4) is 0 Å². The lowest BCUT2D eigenvalue weighted by Crippen LogP contribution is -2.29.